The zero-order chi connectivity index (χ0) is 23.9. The minimum atomic E-state index is 0.107. The van der Waals surface area contributed by atoms with Crippen molar-refractivity contribution in [3.8, 4) is 22.5 Å². The molecule has 1 aromatic carbocycles. The summed E-state index contributed by atoms with van der Waals surface area (Å²) in [6, 6.07) is 12.7. The quantitative estimate of drug-likeness (QED) is 0.477. The van der Waals surface area contributed by atoms with Gasteiger partial charge >= 0.3 is 0 Å². The maximum Gasteiger partial charge on any atom is 0.225 e. The molecule has 5 heterocycles. The van der Waals surface area contributed by atoms with E-state index >= 15 is 0 Å². The SMILES string of the molecule is CC1CCN(Cc2cccc(-c3cc(-c4ccnn4C4CCOCC4)c4c(N)ncnn34)c2)C1=O. The fourth-order valence-corrected chi connectivity index (χ4v) is 5.32. The molecule has 0 aliphatic carbocycles. The molecule has 0 saturated carbocycles. The summed E-state index contributed by atoms with van der Waals surface area (Å²) in [4.78, 5) is 18.7. The van der Waals surface area contributed by atoms with E-state index in [1.165, 1.54) is 6.33 Å². The number of likely N-dealkylation sites (tertiary alicyclic amines) is 1. The van der Waals surface area contributed by atoms with Crippen LogP contribution in [0.25, 0.3) is 28.0 Å². The Morgan fingerprint density at radius 3 is 2.74 bits per heavy atom. The molecular weight excluding hydrogens is 442 g/mol. The number of aromatic nitrogens is 5. The lowest BCUT2D eigenvalue weighted by molar-refractivity contribution is -0.131. The molecule has 0 bridgehead atoms. The topological polar surface area (TPSA) is 104 Å². The summed E-state index contributed by atoms with van der Waals surface area (Å²) >= 11 is 0. The Morgan fingerprint density at radius 2 is 1.94 bits per heavy atom. The van der Waals surface area contributed by atoms with E-state index in [-0.39, 0.29) is 17.9 Å². The Kier molecular flexibility index (Phi) is 5.49. The number of carbonyl (C=O) groups excluding carboxylic acids is 1. The van der Waals surface area contributed by atoms with Crippen LogP contribution in [-0.2, 0) is 16.1 Å². The van der Waals surface area contributed by atoms with Crippen LogP contribution in [0.5, 0.6) is 0 Å². The van der Waals surface area contributed by atoms with Gasteiger partial charge in [0.2, 0.25) is 5.91 Å². The van der Waals surface area contributed by atoms with Gasteiger partial charge in [0.25, 0.3) is 0 Å². The van der Waals surface area contributed by atoms with Crippen LogP contribution in [0.4, 0.5) is 5.82 Å². The predicted octanol–water partition coefficient (Wildman–Crippen LogP) is 3.56. The molecular formula is C26H29N7O2. The molecule has 9 heteroatoms. The number of nitrogen functional groups attached to an aromatic ring is 1. The number of fused-ring (bicyclic) bond motifs is 1. The van der Waals surface area contributed by atoms with E-state index in [2.05, 4.69) is 44.1 Å². The van der Waals surface area contributed by atoms with Crippen molar-refractivity contribution in [2.75, 3.05) is 25.5 Å². The summed E-state index contributed by atoms with van der Waals surface area (Å²) in [6.07, 6.45) is 6.09. The minimum absolute atomic E-state index is 0.107. The van der Waals surface area contributed by atoms with Crippen LogP contribution < -0.4 is 5.73 Å². The molecule has 2 N–H and O–H groups in total. The highest BCUT2D eigenvalue weighted by Gasteiger charge is 2.28. The highest BCUT2D eigenvalue weighted by Crippen LogP contribution is 2.37. The van der Waals surface area contributed by atoms with Crippen LogP contribution in [0.3, 0.4) is 0 Å². The van der Waals surface area contributed by atoms with E-state index in [0.29, 0.717) is 12.4 Å². The van der Waals surface area contributed by atoms with Crippen molar-refractivity contribution < 1.29 is 9.53 Å². The highest BCUT2D eigenvalue weighted by molar-refractivity contribution is 5.91. The number of nitrogens with two attached hydrogens (primary N) is 1. The average Bonchev–Trinajstić information content (AvgIpc) is 3.59. The maximum atomic E-state index is 12.4. The van der Waals surface area contributed by atoms with E-state index in [1.807, 2.05) is 34.7 Å². The second kappa shape index (κ2) is 8.81. The highest BCUT2D eigenvalue weighted by atomic mass is 16.5. The first-order valence-electron chi connectivity index (χ1n) is 12.2. The molecule has 3 aromatic heterocycles. The van der Waals surface area contributed by atoms with E-state index < -0.39 is 0 Å². The summed E-state index contributed by atoms with van der Waals surface area (Å²) in [5.41, 5.74) is 12.1. The molecule has 9 nitrogen and oxygen atoms in total. The Morgan fingerprint density at radius 1 is 1.09 bits per heavy atom. The molecule has 2 aliphatic heterocycles. The normalized spacial score (nSPS) is 19.2. The largest absolute Gasteiger partial charge is 0.382 e. The van der Waals surface area contributed by atoms with Crippen LogP contribution in [0, 0.1) is 5.92 Å². The van der Waals surface area contributed by atoms with Crippen LogP contribution >= 0.6 is 0 Å². The molecule has 1 amide bonds. The lowest BCUT2D eigenvalue weighted by Crippen LogP contribution is -2.26. The zero-order valence-corrected chi connectivity index (χ0v) is 19.8. The Hall–Kier alpha value is -3.72. The number of ether oxygens (including phenoxy) is 1. The third kappa shape index (κ3) is 3.85. The summed E-state index contributed by atoms with van der Waals surface area (Å²) in [7, 11) is 0. The van der Waals surface area contributed by atoms with E-state index in [0.717, 1.165) is 72.6 Å². The fraction of sp³-hybridized carbons (Fsp3) is 0.385. The Balaban J connectivity index is 1.42. The molecule has 2 fully saturated rings. The number of benzene rings is 1. The van der Waals surface area contributed by atoms with Crippen molar-refractivity contribution in [1.82, 2.24) is 29.3 Å². The van der Waals surface area contributed by atoms with Gasteiger partial charge < -0.3 is 15.4 Å². The van der Waals surface area contributed by atoms with E-state index in [1.54, 1.807) is 0 Å². The van der Waals surface area contributed by atoms with Gasteiger partial charge in [0.1, 0.15) is 11.8 Å². The number of rotatable bonds is 5. The predicted molar refractivity (Wildman–Crippen MR) is 132 cm³/mol. The van der Waals surface area contributed by atoms with Crippen LogP contribution in [0.1, 0.15) is 37.8 Å². The molecule has 4 aromatic rings. The summed E-state index contributed by atoms with van der Waals surface area (Å²) in [5.74, 6) is 0.761. The summed E-state index contributed by atoms with van der Waals surface area (Å²) in [5, 5.41) is 9.21. The zero-order valence-electron chi connectivity index (χ0n) is 19.8. The summed E-state index contributed by atoms with van der Waals surface area (Å²) in [6.45, 7) is 4.90. The molecule has 0 spiro atoms. The fourth-order valence-electron chi connectivity index (χ4n) is 5.32. The lowest BCUT2D eigenvalue weighted by atomic mass is 10.1. The molecule has 180 valence electrons. The minimum Gasteiger partial charge on any atom is -0.382 e. The summed E-state index contributed by atoms with van der Waals surface area (Å²) < 4.78 is 9.51. The lowest BCUT2D eigenvalue weighted by Gasteiger charge is -2.24. The number of nitrogens with zero attached hydrogens (tertiary/aromatic N) is 6. The first-order chi connectivity index (χ1) is 17.1. The van der Waals surface area contributed by atoms with Crippen LogP contribution in [-0.4, -0.2) is 54.9 Å². The van der Waals surface area contributed by atoms with Crippen molar-refractivity contribution in [1.29, 1.82) is 0 Å². The number of amides is 1. The van der Waals surface area contributed by atoms with Crippen LogP contribution in [0.15, 0.2) is 48.9 Å². The molecule has 35 heavy (non-hydrogen) atoms. The van der Waals surface area contributed by atoms with Gasteiger partial charge in [-0.1, -0.05) is 25.1 Å². The van der Waals surface area contributed by atoms with Gasteiger partial charge in [0.15, 0.2) is 5.82 Å². The number of carbonyl (C=O) groups is 1. The number of anilines is 1. The van der Waals surface area contributed by atoms with E-state index in [9.17, 15) is 4.79 Å². The van der Waals surface area contributed by atoms with Gasteiger partial charge in [0, 0.05) is 49.5 Å². The number of hydrogen-bond acceptors (Lipinski definition) is 6. The van der Waals surface area contributed by atoms with Crippen molar-refractivity contribution in [3.05, 3.63) is 54.5 Å². The maximum absolute atomic E-state index is 12.4. The molecule has 1 atom stereocenters. The Bertz CT molecular complexity index is 1390. The third-order valence-corrected chi connectivity index (χ3v) is 7.23. The third-order valence-electron chi connectivity index (χ3n) is 7.23. The van der Waals surface area contributed by atoms with Crippen molar-refractivity contribution >= 4 is 17.2 Å². The Labute approximate surface area is 203 Å². The first-order valence-corrected chi connectivity index (χ1v) is 12.2. The molecule has 2 aliphatic rings. The van der Waals surface area contributed by atoms with Crippen molar-refractivity contribution in [3.63, 3.8) is 0 Å². The monoisotopic (exact) mass is 471 g/mol. The molecule has 2 saturated heterocycles. The van der Waals surface area contributed by atoms with Gasteiger partial charge in [-0.25, -0.2) is 9.50 Å². The van der Waals surface area contributed by atoms with Gasteiger partial charge in [-0.3, -0.25) is 9.48 Å². The second-order valence-corrected chi connectivity index (χ2v) is 9.50. The second-order valence-electron chi connectivity index (χ2n) is 9.50. The average molecular weight is 472 g/mol. The number of hydrogen-bond donors (Lipinski definition) is 1. The van der Waals surface area contributed by atoms with Gasteiger partial charge in [0.05, 0.1) is 17.4 Å². The van der Waals surface area contributed by atoms with Crippen molar-refractivity contribution in [2.24, 2.45) is 5.92 Å². The first kappa shape index (κ1) is 21.8. The standard InChI is InChI=1S/C26H29N7O2/c1-17-6-10-31(26(17)34)15-18-3-2-4-19(13-18)23-14-21(24-25(27)28-16-30-33(23)24)22-5-9-29-32(22)20-7-11-35-12-8-20/h2-5,9,13-14,16-17,20H,6-8,10-12,15H2,1H3,(H2,27,28,30). The van der Waals surface area contributed by atoms with Gasteiger partial charge in [-0.15, -0.1) is 0 Å². The molecule has 1 unspecified atom stereocenters. The van der Waals surface area contributed by atoms with E-state index in [4.69, 9.17) is 10.5 Å². The van der Waals surface area contributed by atoms with Gasteiger partial charge in [-0.2, -0.15) is 10.2 Å². The smallest absolute Gasteiger partial charge is 0.225 e. The van der Waals surface area contributed by atoms with Crippen LogP contribution in [0.2, 0.25) is 0 Å². The molecule has 6 rings (SSSR count). The van der Waals surface area contributed by atoms with Crippen molar-refractivity contribution in [2.45, 2.75) is 38.8 Å². The van der Waals surface area contributed by atoms with Gasteiger partial charge in [-0.05, 0) is 43.0 Å². The molecule has 0 radical (unpaired) electrons.